The molecule has 2 aromatic carbocycles. The van der Waals surface area contributed by atoms with E-state index in [0.29, 0.717) is 12.2 Å². The summed E-state index contributed by atoms with van der Waals surface area (Å²) in [6.45, 7) is 2.70. The summed E-state index contributed by atoms with van der Waals surface area (Å²) in [5, 5.41) is 2.22. The summed E-state index contributed by atoms with van der Waals surface area (Å²) in [6.07, 6.45) is 1.22. The van der Waals surface area contributed by atoms with Crippen LogP contribution in [0.15, 0.2) is 69.5 Å². The number of rotatable bonds is 4. The summed E-state index contributed by atoms with van der Waals surface area (Å²) in [5.41, 5.74) is 1.80. The average Bonchev–Trinajstić information content (AvgIpc) is 3.30. The van der Waals surface area contributed by atoms with E-state index in [9.17, 15) is 4.79 Å². The zero-order chi connectivity index (χ0) is 19.5. The molecule has 6 nitrogen and oxygen atoms in total. The van der Waals surface area contributed by atoms with Crippen molar-refractivity contribution in [1.82, 2.24) is 0 Å². The summed E-state index contributed by atoms with van der Waals surface area (Å²) in [5.74, 6) is 1.72. The Morgan fingerprint density at radius 1 is 0.889 bits per heavy atom. The molecule has 0 aliphatic heterocycles. The van der Waals surface area contributed by atoms with E-state index >= 15 is 0 Å². The minimum atomic E-state index is 0.193. The maximum absolute atomic E-state index is 9.93. The van der Waals surface area contributed by atoms with E-state index in [4.69, 9.17) is 18.4 Å². The molecule has 138 valence electrons. The minimum Gasteiger partial charge on any atom is -0.461 e. The van der Waals surface area contributed by atoms with Gasteiger partial charge < -0.3 is 13.6 Å². The van der Waals surface area contributed by atoms with E-state index in [1.54, 1.807) is 0 Å². The number of aryl methyl sites for hydroxylation is 1. The molecule has 4 aromatic rings. The van der Waals surface area contributed by atoms with Gasteiger partial charge in [-0.15, -0.1) is 0 Å². The maximum Gasteiger partial charge on any atom is 0.373 e. The zero-order valence-electron chi connectivity index (χ0n) is 14.7. The summed E-state index contributed by atoms with van der Waals surface area (Å²) in [4.78, 5) is 26.2. The minimum absolute atomic E-state index is 0.193. The standard InChI is InChI=1S/C10H8O3.C10H10O.CO2/c11-7-12-6-9-5-8-3-1-2-4-10(8)13-9;1-2-9-7-8-5-3-4-6-10(8)11-9;2-1-3/h1-5,7H,6H2;3-7H,2H2,1H3;. The molecule has 0 saturated heterocycles. The molecule has 27 heavy (non-hydrogen) atoms. The van der Waals surface area contributed by atoms with Crippen LogP contribution in [0.4, 0.5) is 0 Å². The van der Waals surface area contributed by atoms with Crippen molar-refractivity contribution in [2.45, 2.75) is 20.0 Å². The molecule has 2 heterocycles. The number of para-hydroxylation sites is 2. The quantitative estimate of drug-likeness (QED) is 0.494. The van der Waals surface area contributed by atoms with Crippen LogP contribution >= 0.6 is 0 Å². The fourth-order valence-corrected chi connectivity index (χ4v) is 2.44. The highest BCUT2D eigenvalue weighted by Gasteiger charge is 2.02. The Kier molecular flexibility index (Phi) is 7.57. The first kappa shape index (κ1) is 19.7. The van der Waals surface area contributed by atoms with Crippen molar-refractivity contribution < 1.29 is 28.0 Å². The lowest BCUT2D eigenvalue weighted by molar-refractivity contribution is -0.191. The number of carbonyl (C=O) groups is 1. The van der Waals surface area contributed by atoms with E-state index in [1.165, 1.54) is 5.39 Å². The fourth-order valence-electron chi connectivity index (χ4n) is 2.44. The van der Waals surface area contributed by atoms with E-state index in [1.807, 2.05) is 48.5 Å². The van der Waals surface area contributed by atoms with Gasteiger partial charge in [-0.3, -0.25) is 4.79 Å². The van der Waals surface area contributed by atoms with Gasteiger partial charge in [0, 0.05) is 17.2 Å². The van der Waals surface area contributed by atoms with Gasteiger partial charge in [-0.1, -0.05) is 43.3 Å². The highest BCUT2D eigenvalue weighted by atomic mass is 16.5. The first-order valence-electron chi connectivity index (χ1n) is 8.21. The second-order valence-electron chi connectivity index (χ2n) is 5.35. The molecule has 0 aliphatic rings. The monoisotopic (exact) mass is 366 g/mol. The highest BCUT2D eigenvalue weighted by molar-refractivity contribution is 5.78. The molecule has 0 unspecified atom stereocenters. The van der Waals surface area contributed by atoms with Gasteiger partial charge in [0.15, 0.2) is 0 Å². The number of carbonyl (C=O) groups excluding carboxylic acids is 3. The summed E-state index contributed by atoms with van der Waals surface area (Å²) < 4.78 is 15.5. The zero-order valence-corrected chi connectivity index (χ0v) is 14.7. The summed E-state index contributed by atoms with van der Waals surface area (Å²) >= 11 is 0. The lowest BCUT2D eigenvalue weighted by Crippen LogP contribution is -1.85. The largest absolute Gasteiger partial charge is 0.461 e. The molecule has 0 aliphatic carbocycles. The molecule has 0 saturated carbocycles. The number of hydrogen-bond acceptors (Lipinski definition) is 6. The van der Waals surface area contributed by atoms with Crippen molar-refractivity contribution in [3.63, 3.8) is 0 Å². The third-order valence-electron chi connectivity index (χ3n) is 3.60. The number of benzene rings is 2. The molecule has 6 heteroatoms. The van der Waals surface area contributed by atoms with Gasteiger partial charge in [0.1, 0.15) is 29.3 Å². The van der Waals surface area contributed by atoms with Gasteiger partial charge in [0.2, 0.25) is 0 Å². The summed E-state index contributed by atoms with van der Waals surface area (Å²) in [6, 6.07) is 19.7. The molecule has 0 amide bonds. The second kappa shape index (κ2) is 10.4. The number of hydrogen-bond donors (Lipinski definition) is 0. The molecule has 0 N–H and O–H groups in total. The fraction of sp³-hybridized carbons (Fsp3) is 0.143. The van der Waals surface area contributed by atoms with Crippen molar-refractivity contribution in [3.05, 3.63) is 72.2 Å². The molecule has 4 rings (SSSR count). The molecule has 0 atom stereocenters. The van der Waals surface area contributed by atoms with Gasteiger partial charge in [0.25, 0.3) is 6.47 Å². The Bertz CT molecular complexity index is 955. The van der Waals surface area contributed by atoms with Crippen LogP contribution in [-0.2, 0) is 32.1 Å². The van der Waals surface area contributed by atoms with E-state index < -0.39 is 0 Å². The Balaban J connectivity index is 0.000000171. The third-order valence-corrected chi connectivity index (χ3v) is 3.60. The van der Waals surface area contributed by atoms with Crippen molar-refractivity contribution in [3.8, 4) is 0 Å². The van der Waals surface area contributed by atoms with Crippen LogP contribution in [0.1, 0.15) is 18.4 Å². The van der Waals surface area contributed by atoms with Gasteiger partial charge >= 0.3 is 6.15 Å². The SMILES string of the molecule is CCc1cc2ccccc2o1.O=C=O.O=COCc1cc2ccccc2o1. The normalized spacial score (nSPS) is 9.52. The maximum atomic E-state index is 9.93. The van der Waals surface area contributed by atoms with Gasteiger partial charge in [-0.25, -0.2) is 0 Å². The Morgan fingerprint density at radius 2 is 1.37 bits per heavy atom. The molecule has 0 spiro atoms. The molecule has 0 bridgehead atoms. The lowest BCUT2D eigenvalue weighted by atomic mass is 10.2. The van der Waals surface area contributed by atoms with Crippen LogP contribution in [0.5, 0.6) is 0 Å². The Hall–Kier alpha value is -3.63. The topological polar surface area (TPSA) is 86.7 Å². The average molecular weight is 366 g/mol. The van der Waals surface area contributed by atoms with Crippen molar-refractivity contribution in [1.29, 1.82) is 0 Å². The van der Waals surface area contributed by atoms with Gasteiger partial charge in [-0.2, -0.15) is 9.59 Å². The third kappa shape index (κ3) is 5.70. The number of furan rings is 2. The van der Waals surface area contributed by atoms with E-state index in [-0.39, 0.29) is 12.8 Å². The first-order valence-corrected chi connectivity index (χ1v) is 8.21. The number of ether oxygens (including phenoxy) is 1. The summed E-state index contributed by atoms with van der Waals surface area (Å²) in [7, 11) is 0. The predicted octanol–water partition coefficient (Wildman–Crippen LogP) is 4.52. The van der Waals surface area contributed by atoms with Crippen LogP contribution in [-0.4, -0.2) is 12.6 Å². The molecule has 2 aromatic heterocycles. The van der Waals surface area contributed by atoms with Crippen molar-refractivity contribution in [2.24, 2.45) is 0 Å². The van der Waals surface area contributed by atoms with Gasteiger partial charge in [0.05, 0.1) is 0 Å². The van der Waals surface area contributed by atoms with E-state index in [2.05, 4.69) is 23.8 Å². The Morgan fingerprint density at radius 3 is 1.85 bits per heavy atom. The van der Waals surface area contributed by atoms with Crippen molar-refractivity contribution >= 4 is 34.6 Å². The molecular formula is C21H18O6. The van der Waals surface area contributed by atoms with Crippen LogP contribution in [0.25, 0.3) is 21.9 Å². The molecular weight excluding hydrogens is 348 g/mol. The van der Waals surface area contributed by atoms with Crippen molar-refractivity contribution in [2.75, 3.05) is 0 Å². The van der Waals surface area contributed by atoms with Crippen LogP contribution in [0.2, 0.25) is 0 Å². The first-order chi connectivity index (χ1) is 13.2. The second-order valence-corrected chi connectivity index (χ2v) is 5.35. The van der Waals surface area contributed by atoms with E-state index in [0.717, 1.165) is 28.7 Å². The van der Waals surface area contributed by atoms with Crippen LogP contribution < -0.4 is 0 Å². The smallest absolute Gasteiger partial charge is 0.373 e. The number of fused-ring (bicyclic) bond motifs is 2. The predicted molar refractivity (Wildman–Crippen MR) is 97.7 cm³/mol. The highest BCUT2D eigenvalue weighted by Crippen LogP contribution is 2.19. The lowest BCUT2D eigenvalue weighted by Gasteiger charge is -1.90. The van der Waals surface area contributed by atoms with Crippen LogP contribution in [0, 0.1) is 0 Å². The Labute approximate surface area is 155 Å². The molecule has 0 radical (unpaired) electrons. The molecule has 0 fully saturated rings. The van der Waals surface area contributed by atoms with Crippen LogP contribution in [0.3, 0.4) is 0 Å². The van der Waals surface area contributed by atoms with Gasteiger partial charge in [-0.05, 0) is 24.3 Å².